The number of hydrogen-bond acceptors (Lipinski definition) is 3. The summed E-state index contributed by atoms with van der Waals surface area (Å²) in [5, 5.41) is 7.65. The van der Waals surface area contributed by atoms with E-state index in [0.29, 0.717) is 11.8 Å². The van der Waals surface area contributed by atoms with E-state index in [4.69, 9.17) is 4.42 Å². The van der Waals surface area contributed by atoms with E-state index in [1.54, 1.807) is 6.92 Å². The third kappa shape index (κ3) is 3.01. The second-order valence-corrected chi connectivity index (χ2v) is 3.18. The van der Waals surface area contributed by atoms with Crippen molar-refractivity contribution in [3.05, 3.63) is 42.2 Å². The maximum Gasteiger partial charge on any atom is 0.243 e. The minimum Gasteiger partial charge on any atom is -0.421 e. The number of aryl methyl sites for hydroxylation is 1. The minimum absolute atomic E-state index is 0.564. The first-order valence-electron chi connectivity index (χ1n) is 4.40. The monoisotopic (exact) mass is 190 g/mol. The number of nitrogens with zero attached hydrogens (tertiary/aromatic N) is 2. The third-order valence-electron chi connectivity index (χ3n) is 1.59. The molecule has 3 heteroatoms. The van der Waals surface area contributed by atoms with Gasteiger partial charge in [-0.25, -0.2) is 0 Å². The molecule has 0 atom stereocenters. The summed E-state index contributed by atoms with van der Waals surface area (Å²) in [4.78, 5) is 0. The molecule has 0 amide bonds. The topological polar surface area (TPSA) is 38.9 Å². The van der Waals surface area contributed by atoms with Crippen molar-refractivity contribution < 1.29 is 4.42 Å². The summed E-state index contributed by atoms with van der Waals surface area (Å²) in [7, 11) is 0. The van der Waals surface area contributed by atoms with E-state index in [2.05, 4.69) is 16.8 Å². The molecule has 0 aliphatic heterocycles. The van der Waals surface area contributed by atoms with Gasteiger partial charge in [0.05, 0.1) is 0 Å². The Bertz CT molecular complexity index is 386. The predicted octanol–water partition coefficient (Wildman–Crippen LogP) is 2.91. The van der Waals surface area contributed by atoms with Crippen molar-refractivity contribution in [3.8, 4) is 0 Å². The molecule has 3 nitrogen and oxygen atoms in total. The Hall–Kier alpha value is -1.64. The van der Waals surface area contributed by atoms with Crippen LogP contribution in [0.3, 0.4) is 0 Å². The van der Waals surface area contributed by atoms with E-state index in [1.807, 2.05) is 32.1 Å². The Labute approximate surface area is 83.8 Å². The van der Waals surface area contributed by atoms with E-state index in [-0.39, 0.29) is 0 Å². The van der Waals surface area contributed by atoms with Gasteiger partial charge in [0.15, 0.2) is 0 Å². The maximum atomic E-state index is 5.26. The summed E-state index contributed by atoms with van der Waals surface area (Å²) in [6.07, 6.45) is 5.76. The lowest BCUT2D eigenvalue weighted by Gasteiger charge is -1.89. The molecular formula is C11H14N2O. The van der Waals surface area contributed by atoms with Gasteiger partial charge < -0.3 is 4.42 Å². The Morgan fingerprint density at radius 1 is 1.36 bits per heavy atom. The van der Waals surface area contributed by atoms with Crippen LogP contribution in [0.5, 0.6) is 0 Å². The molecule has 74 valence electrons. The summed E-state index contributed by atoms with van der Waals surface area (Å²) in [5.74, 6) is 1.14. The second-order valence-electron chi connectivity index (χ2n) is 3.18. The van der Waals surface area contributed by atoms with Gasteiger partial charge in [0.25, 0.3) is 0 Å². The summed E-state index contributed by atoms with van der Waals surface area (Å²) in [5.41, 5.74) is 1.96. The fraction of sp³-hybridized carbons (Fsp3) is 0.273. The molecule has 0 spiro atoms. The van der Waals surface area contributed by atoms with Crippen molar-refractivity contribution in [3.63, 3.8) is 0 Å². The molecule has 0 saturated carbocycles. The van der Waals surface area contributed by atoms with Gasteiger partial charge in [0.2, 0.25) is 11.8 Å². The number of aromatic nitrogens is 2. The molecule has 14 heavy (non-hydrogen) atoms. The lowest BCUT2D eigenvalue weighted by Crippen LogP contribution is -1.78. The van der Waals surface area contributed by atoms with Crippen molar-refractivity contribution in [1.82, 2.24) is 10.2 Å². The van der Waals surface area contributed by atoms with Gasteiger partial charge in [-0.15, -0.1) is 10.2 Å². The number of allylic oxidation sites excluding steroid dienone is 5. The van der Waals surface area contributed by atoms with Gasteiger partial charge in [-0.3, -0.25) is 0 Å². The Morgan fingerprint density at radius 3 is 2.57 bits per heavy atom. The Morgan fingerprint density at radius 2 is 2.07 bits per heavy atom. The second kappa shape index (κ2) is 4.56. The summed E-state index contributed by atoms with van der Waals surface area (Å²) >= 11 is 0. The highest BCUT2D eigenvalue weighted by molar-refractivity contribution is 5.57. The Balaban J connectivity index is 2.75. The first-order chi connectivity index (χ1) is 6.59. The van der Waals surface area contributed by atoms with Crippen molar-refractivity contribution in [2.45, 2.75) is 20.8 Å². The fourth-order valence-corrected chi connectivity index (χ4v) is 0.884. The molecule has 0 saturated heterocycles. The smallest absolute Gasteiger partial charge is 0.243 e. The van der Waals surface area contributed by atoms with Crippen LogP contribution in [0.2, 0.25) is 0 Å². The predicted molar refractivity (Wildman–Crippen MR) is 56.6 cm³/mol. The van der Waals surface area contributed by atoms with Crippen LogP contribution in [-0.2, 0) is 0 Å². The van der Waals surface area contributed by atoms with E-state index in [9.17, 15) is 0 Å². The van der Waals surface area contributed by atoms with Crippen molar-refractivity contribution in [2.24, 2.45) is 0 Å². The van der Waals surface area contributed by atoms with E-state index in [0.717, 1.165) is 11.1 Å². The molecule has 0 unspecified atom stereocenters. The first-order valence-corrected chi connectivity index (χ1v) is 4.40. The van der Waals surface area contributed by atoms with E-state index >= 15 is 0 Å². The van der Waals surface area contributed by atoms with Crippen LogP contribution < -0.4 is 0 Å². The Kier molecular flexibility index (Phi) is 3.40. The molecule has 1 aromatic heterocycles. The van der Waals surface area contributed by atoms with Crippen LogP contribution >= 0.6 is 0 Å². The van der Waals surface area contributed by atoms with Crippen molar-refractivity contribution in [2.75, 3.05) is 0 Å². The molecule has 0 aliphatic rings. The lowest BCUT2D eigenvalue weighted by atomic mass is 10.2. The van der Waals surface area contributed by atoms with Crippen LogP contribution in [-0.4, -0.2) is 10.2 Å². The molecule has 0 fully saturated rings. The van der Waals surface area contributed by atoms with Gasteiger partial charge in [0, 0.05) is 12.5 Å². The summed E-state index contributed by atoms with van der Waals surface area (Å²) in [6, 6.07) is 0. The number of rotatable bonds is 3. The van der Waals surface area contributed by atoms with Crippen molar-refractivity contribution in [1.29, 1.82) is 0 Å². The van der Waals surface area contributed by atoms with E-state index in [1.165, 1.54) is 0 Å². The summed E-state index contributed by atoms with van der Waals surface area (Å²) in [6.45, 7) is 9.40. The van der Waals surface area contributed by atoms with Gasteiger partial charge in [-0.1, -0.05) is 30.4 Å². The van der Waals surface area contributed by atoms with Crippen LogP contribution in [0.25, 0.3) is 5.57 Å². The highest BCUT2D eigenvalue weighted by Gasteiger charge is 2.02. The van der Waals surface area contributed by atoms with Gasteiger partial charge in [-0.05, 0) is 13.8 Å². The molecule has 1 heterocycles. The zero-order chi connectivity index (χ0) is 10.6. The average molecular weight is 190 g/mol. The molecule has 0 aromatic carbocycles. The quantitative estimate of drug-likeness (QED) is 0.688. The molecule has 0 aliphatic carbocycles. The van der Waals surface area contributed by atoms with Crippen molar-refractivity contribution >= 4 is 5.57 Å². The van der Waals surface area contributed by atoms with Gasteiger partial charge in [-0.2, -0.15) is 0 Å². The molecular weight excluding hydrogens is 176 g/mol. The SMILES string of the molecule is C=C(C)/C=C\C=C(/C)c1nnc(C)o1. The zero-order valence-corrected chi connectivity index (χ0v) is 8.74. The zero-order valence-electron chi connectivity index (χ0n) is 8.74. The largest absolute Gasteiger partial charge is 0.421 e. The molecule has 1 aromatic rings. The highest BCUT2D eigenvalue weighted by atomic mass is 16.4. The molecule has 0 bridgehead atoms. The fourth-order valence-electron chi connectivity index (χ4n) is 0.884. The molecule has 0 radical (unpaired) electrons. The molecule has 1 rings (SSSR count). The van der Waals surface area contributed by atoms with Crippen LogP contribution in [0.4, 0.5) is 0 Å². The molecule has 0 N–H and O–H groups in total. The lowest BCUT2D eigenvalue weighted by molar-refractivity contribution is 0.506. The summed E-state index contributed by atoms with van der Waals surface area (Å²) < 4.78 is 5.26. The van der Waals surface area contributed by atoms with E-state index < -0.39 is 0 Å². The highest BCUT2D eigenvalue weighted by Crippen LogP contribution is 2.11. The van der Waals surface area contributed by atoms with Gasteiger partial charge in [0.1, 0.15) is 0 Å². The number of hydrogen-bond donors (Lipinski definition) is 0. The maximum absolute atomic E-state index is 5.26. The van der Waals surface area contributed by atoms with Crippen LogP contribution in [0.1, 0.15) is 25.6 Å². The standard InChI is InChI=1S/C11H14N2O/c1-8(2)6-5-7-9(3)11-13-12-10(4)14-11/h5-7H,1H2,2-4H3/b6-5-,9-7+. The van der Waals surface area contributed by atoms with Crippen LogP contribution in [0.15, 0.2) is 34.8 Å². The van der Waals surface area contributed by atoms with Crippen LogP contribution in [0, 0.1) is 6.92 Å². The van der Waals surface area contributed by atoms with Gasteiger partial charge >= 0.3 is 0 Å². The third-order valence-corrected chi connectivity index (χ3v) is 1.59. The first kappa shape index (κ1) is 10.4. The average Bonchev–Trinajstić information content (AvgIpc) is 2.51. The normalized spacial score (nSPS) is 12.4. The minimum atomic E-state index is 0.564.